The molecule has 0 aromatic carbocycles. The Labute approximate surface area is 127 Å². The highest BCUT2D eigenvalue weighted by molar-refractivity contribution is 5.04. The van der Waals surface area contributed by atoms with Gasteiger partial charge in [-0.25, -0.2) is 0 Å². The zero-order chi connectivity index (χ0) is 15.3. The maximum Gasteiger partial charge on any atom is 0.227 e. The summed E-state index contributed by atoms with van der Waals surface area (Å²) in [7, 11) is 0. The van der Waals surface area contributed by atoms with Gasteiger partial charge in [-0.3, -0.25) is 0 Å². The molecule has 0 spiro atoms. The van der Waals surface area contributed by atoms with Crippen LogP contribution in [0.15, 0.2) is 4.52 Å². The zero-order valence-corrected chi connectivity index (χ0v) is 13.6. The number of hydrogen-bond donors (Lipinski definition) is 1. The molecule has 5 heteroatoms. The molecule has 5 nitrogen and oxygen atoms in total. The van der Waals surface area contributed by atoms with Gasteiger partial charge in [0.15, 0.2) is 0 Å². The molecule has 0 amide bonds. The van der Waals surface area contributed by atoms with E-state index < -0.39 is 0 Å². The fourth-order valence-electron chi connectivity index (χ4n) is 3.10. The summed E-state index contributed by atoms with van der Waals surface area (Å²) < 4.78 is 11.5. The van der Waals surface area contributed by atoms with Gasteiger partial charge in [-0.05, 0) is 51.0 Å². The lowest BCUT2D eigenvalue weighted by molar-refractivity contribution is -0.0847. The zero-order valence-electron chi connectivity index (χ0n) is 13.6. The highest BCUT2D eigenvalue weighted by Crippen LogP contribution is 2.41. The van der Waals surface area contributed by atoms with E-state index in [1.54, 1.807) is 0 Å². The maximum absolute atomic E-state index is 6.07. The van der Waals surface area contributed by atoms with E-state index in [1.807, 2.05) is 6.92 Å². The Kier molecular flexibility index (Phi) is 5.76. The van der Waals surface area contributed by atoms with E-state index in [-0.39, 0.29) is 5.60 Å². The van der Waals surface area contributed by atoms with Crippen molar-refractivity contribution in [3.05, 3.63) is 11.7 Å². The van der Waals surface area contributed by atoms with Gasteiger partial charge in [0.25, 0.3) is 0 Å². The Hall–Kier alpha value is -0.940. The van der Waals surface area contributed by atoms with E-state index in [0.717, 1.165) is 50.3 Å². The number of nitrogens with two attached hydrogens (primary N) is 1. The molecule has 21 heavy (non-hydrogen) atoms. The van der Waals surface area contributed by atoms with Crippen LogP contribution in [-0.4, -0.2) is 23.3 Å². The van der Waals surface area contributed by atoms with Gasteiger partial charge < -0.3 is 15.0 Å². The van der Waals surface area contributed by atoms with E-state index in [0.29, 0.717) is 25.0 Å². The van der Waals surface area contributed by atoms with Crippen LogP contribution >= 0.6 is 0 Å². The van der Waals surface area contributed by atoms with Crippen LogP contribution in [0, 0.1) is 11.8 Å². The lowest BCUT2D eigenvalue weighted by Gasteiger charge is -2.36. The van der Waals surface area contributed by atoms with Gasteiger partial charge in [0.05, 0.1) is 0 Å². The molecule has 1 aromatic rings. The van der Waals surface area contributed by atoms with Crippen molar-refractivity contribution in [1.29, 1.82) is 0 Å². The van der Waals surface area contributed by atoms with Crippen LogP contribution in [0.3, 0.4) is 0 Å². The molecule has 1 aliphatic carbocycles. The summed E-state index contributed by atoms with van der Waals surface area (Å²) in [5.74, 6) is 2.59. The van der Waals surface area contributed by atoms with Gasteiger partial charge in [0, 0.05) is 13.0 Å². The monoisotopic (exact) mass is 295 g/mol. The Balaban J connectivity index is 2.12. The summed E-state index contributed by atoms with van der Waals surface area (Å²) in [5, 5.41) is 4.23. The number of rotatable bonds is 7. The molecule has 1 aromatic heterocycles. The van der Waals surface area contributed by atoms with Gasteiger partial charge in [-0.2, -0.15) is 4.98 Å². The number of hydrogen-bond acceptors (Lipinski definition) is 5. The number of ether oxygens (including phenoxy) is 1. The van der Waals surface area contributed by atoms with Crippen LogP contribution in [0.1, 0.15) is 64.6 Å². The smallest absolute Gasteiger partial charge is 0.227 e. The van der Waals surface area contributed by atoms with Crippen LogP contribution in [-0.2, 0) is 16.8 Å². The third kappa shape index (κ3) is 3.83. The van der Waals surface area contributed by atoms with Crippen LogP contribution < -0.4 is 5.73 Å². The molecule has 0 saturated heterocycles. The van der Waals surface area contributed by atoms with E-state index in [9.17, 15) is 0 Å². The third-order valence-electron chi connectivity index (χ3n) is 4.75. The molecule has 1 saturated carbocycles. The first-order valence-electron chi connectivity index (χ1n) is 8.30. The molecule has 1 atom stereocenters. The second kappa shape index (κ2) is 7.36. The third-order valence-corrected chi connectivity index (χ3v) is 4.75. The SMILES string of the molecule is CCOC1(c2noc(CC(CC)CN)n2)CCC(C)CC1. The quantitative estimate of drug-likeness (QED) is 0.837. The van der Waals surface area contributed by atoms with Crippen molar-refractivity contribution < 1.29 is 9.26 Å². The van der Waals surface area contributed by atoms with Gasteiger partial charge >= 0.3 is 0 Å². The molecule has 2 rings (SSSR count). The lowest BCUT2D eigenvalue weighted by Crippen LogP contribution is -2.35. The Bertz CT molecular complexity index is 421. The van der Waals surface area contributed by atoms with E-state index in [4.69, 9.17) is 15.0 Å². The first-order chi connectivity index (χ1) is 10.1. The highest BCUT2D eigenvalue weighted by atomic mass is 16.5. The molecule has 1 aliphatic rings. The normalized spacial score (nSPS) is 27.7. The fourth-order valence-corrected chi connectivity index (χ4v) is 3.10. The minimum atomic E-state index is -0.340. The highest BCUT2D eigenvalue weighted by Gasteiger charge is 2.40. The summed E-state index contributed by atoms with van der Waals surface area (Å²) >= 11 is 0. The van der Waals surface area contributed by atoms with Gasteiger partial charge in [-0.1, -0.05) is 25.4 Å². The largest absolute Gasteiger partial charge is 0.367 e. The van der Waals surface area contributed by atoms with Gasteiger partial charge in [0.2, 0.25) is 11.7 Å². The molecule has 1 fully saturated rings. The Morgan fingerprint density at radius 3 is 2.67 bits per heavy atom. The first kappa shape index (κ1) is 16.4. The van der Waals surface area contributed by atoms with E-state index in [2.05, 4.69) is 24.0 Å². The number of nitrogens with zero attached hydrogens (tertiary/aromatic N) is 2. The second-order valence-corrected chi connectivity index (χ2v) is 6.34. The van der Waals surface area contributed by atoms with Crippen LogP contribution in [0.4, 0.5) is 0 Å². The Morgan fingerprint density at radius 1 is 1.38 bits per heavy atom. The summed E-state index contributed by atoms with van der Waals surface area (Å²) in [6, 6.07) is 0. The predicted molar refractivity (Wildman–Crippen MR) is 81.8 cm³/mol. The Morgan fingerprint density at radius 2 is 2.10 bits per heavy atom. The van der Waals surface area contributed by atoms with Gasteiger partial charge in [0.1, 0.15) is 5.60 Å². The van der Waals surface area contributed by atoms with Crippen LogP contribution in [0.2, 0.25) is 0 Å². The van der Waals surface area contributed by atoms with Crippen molar-refractivity contribution in [2.45, 2.75) is 64.9 Å². The lowest BCUT2D eigenvalue weighted by atomic mass is 9.79. The molecule has 120 valence electrons. The molecule has 2 N–H and O–H groups in total. The molecule has 1 unspecified atom stereocenters. The minimum absolute atomic E-state index is 0.340. The number of aromatic nitrogens is 2. The average molecular weight is 295 g/mol. The molecule has 0 bridgehead atoms. The second-order valence-electron chi connectivity index (χ2n) is 6.34. The minimum Gasteiger partial charge on any atom is -0.367 e. The molecular formula is C16H29N3O2. The molecule has 0 aliphatic heterocycles. The maximum atomic E-state index is 6.07. The van der Waals surface area contributed by atoms with Crippen LogP contribution in [0.25, 0.3) is 0 Å². The topological polar surface area (TPSA) is 74.2 Å². The van der Waals surface area contributed by atoms with E-state index in [1.165, 1.54) is 0 Å². The summed E-state index contributed by atoms with van der Waals surface area (Å²) in [5.41, 5.74) is 5.42. The van der Waals surface area contributed by atoms with E-state index >= 15 is 0 Å². The van der Waals surface area contributed by atoms with Gasteiger partial charge in [-0.15, -0.1) is 0 Å². The van der Waals surface area contributed by atoms with Crippen molar-refractivity contribution in [1.82, 2.24) is 10.1 Å². The van der Waals surface area contributed by atoms with Crippen molar-refractivity contribution in [3.63, 3.8) is 0 Å². The van der Waals surface area contributed by atoms with Crippen molar-refractivity contribution >= 4 is 0 Å². The predicted octanol–water partition coefficient (Wildman–Crippen LogP) is 3.04. The van der Waals surface area contributed by atoms with Crippen molar-refractivity contribution in [2.75, 3.05) is 13.2 Å². The summed E-state index contributed by atoms with van der Waals surface area (Å²) in [4.78, 5) is 4.63. The average Bonchev–Trinajstić information content (AvgIpc) is 2.97. The molecule has 0 radical (unpaired) electrons. The molecule has 1 heterocycles. The van der Waals surface area contributed by atoms with Crippen molar-refractivity contribution in [2.24, 2.45) is 17.6 Å². The molecular weight excluding hydrogens is 266 g/mol. The standard InChI is InChI=1S/C16H29N3O2/c1-4-13(11-17)10-14-18-15(19-21-14)16(20-5-2)8-6-12(3)7-9-16/h12-13H,4-11,17H2,1-3H3. The fraction of sp³-hybridized carbons (Fsp3) is 0.875. The first-order valence-corrected chi connectivity index (χ1v) is 8.30. The summed E-state index contributed by atoms with van der Waals surface area (Å²) in [6.45, 7) is 7.80. The summed E-state index contributed by atoms with van der Waals surface area (Å²) in [6.07, 6.45) is 6.07. The van der Waals surface area contributed by atoms with Crippen molar-refractivity contribution in [3.8, 4) is 0 Å². The van der Waals surface area contributed by atoms with Crippen LogP contribution in [0.5, 0.6) is 0 Å².